The Labute approximate surface area is 104 Å². The van der Waals surface area contributed by atoms with E-state index in [-0.39, 0.29) is 0 Å². The van der Waals surface area contributed by atoms with Crippen LogP contribution in [0.5, 0.6) is 5.75 Å². The molecule has 1 atom stereocenters. The molecule has 1 aromatic rings. The van der Waals surface area contributed by atoms with Gasteiger partial charge in [0.2, 0.25) is 0 Å². The van der Waals surface area contributed by atoms with Gasteiger partial charge in [-0.25, -0.2) is 0 Å². The average molecular weight is 234 g/mol. The topological polar surface area (TPSA) is 38.5 Å². The monoisotopic (exact) mass is 234 g/mol. The van der Waals surface area contributed by atoms with Gasteiger partial charge in [0.25, 0.3) is 0 Å². The number of aryl methyl sites for hydroxylation is 1. The van der Waals surface area contributed by atoms with Crippen molar-refractivity contribution in [2.45, 2.75) is 32.3 Å². The molecule has 3 nitrogen and oxygen atoms in total. The summed E-state index contributed by atoms with van der Waals surface area (Å²) in [6, 6.07) is 6.48. The largest absolute Gasteiger partial charge is 0.486 e. The molecular formula is C14H22N2O. The lowest BCUT2D eigenvalue weighted by Crippen LogP contribution is -2.37. The highest BCUT2D eigenvalue weighted by molar-refractivity contribution is 5.61. The molecule has 1 heterocycles. The van der Waals surface area contributed by atoms with Crippen molar-refractivity contribution in [3.05, 3.63) is 23.8 Å². The first-order valence-electron chi connectivity index (χ1n) is 6.45. The third kappa shape index (κ3) is 2.72. The minimum absolute atomic E-state index is 0.322. The van der Waals surface area contributed by atoms with Crippen LogP contribution in [0.2, 0.25) is 0 Å². The molecule has 0 radical (unpaired) electrons. The van der Waals surface area contributed by atoms with E-state index in [0.29, 0.717) is 6.10 Å². The minimum Gasteiger partial charge on any atom is -0.486 e. The van der Waals surface area contributed by atoms with Gasteiger partial charge in [-0.1, -0.05) is 13.0 Å². The summed E-state index contributed by atoms with van der Waals surface area (Å²) in [5.74, 6) is 1.02. The van der Waals surface area contributed by atoms with Crippen molar-refractivity contribution >= 4 is 5.69 Å². The number of ether oxygens (including phenoxy) is 1. The summed E-state index contributed by atoms with van der Waals surface area (Å²) in [5, 5.41) is 0. The Kier molecular flexibility index (Phi) is 3.89. The van der Waals surface area contributed by atoms with Gasteiger partial charge in [-0.3, -0.25) is 0 Å². The van der Waals surface area contributed by atoms with Crippen LogP contribution in [0.25, 0.3) is 0 Å². The standard InChI is InChI=1S/C14H22N2O/c1-3-12-10-16(2)13-9-11(5-4-8-15)6-7-14(13)17-12/h6-7,9,12H,3-5,8,10,15H2,1-2H3. The zero-order valence-corrected chi connectivity index (χ0v) is 10.8. The number of nitrogens with two attached hydrogens (primary N) is 1. The molecular weight excluding hydrogens is 212 g/mol. The Hall–Kier alpha value is -1.22. The fourth-order valence-electron chi connectivity index (χ4n) is 2.26. The van der Waals surface area contributed by atoms with Crippen molar-refractivity contribution in [1.82, 2.24) is 0 Å². The average Bonchev–Trinajstić information content (AvgIpc) is 2.36. The second-order valence-corrected chi connectivity index (χ2v) is 4.72. The summed E-state index contributed by atoms with van der Waals surface area (Å²) in [6.07, 6.45) is 3.47. The first-order chi connectivity index (χ1) is 8.24. The van der Waals surface area contributed by atoms with Gasteiger partial charge in [-0.05, 0) is 43.5 Å². The number of likely N-dealkylation sites (N-methyl/N-ethyl adjacent to an activating group) is 1. The highest BCUT2D eigenvalue weighted by Gasteiger charge is 2.21. The molecule has 1 unspecified atom stereocenters. The molecule has 0 aliphatic carbocycles. The Morgan fingerprint density at radius 3 is 3.00 bits per heavy atom. The predicted molar refractivity (Wildman–Crippen MR) is 71.8 cm³/mol. The lowest BCUT2D eigenvalue weighted by atomic mass is 10.1. The van der Waals surface area contributed by atoms with Crippen molar-refractivity contribution in [3.8, 4) is 5.75 Å². The number of anilines is 1. The third-order valence-electron chi connectivity index (χ3n) is 3.33. The van der Waals surface area contributed by atoms with E-state index < -0.39 is 0 Å². The zero-order chi connectivity index (χ0) is 12.3. The summed E-state index contributed by atoms with van der Waals surface area (Å²) in [4.78, 5) is 2.29. The van der Waals surface area contributed by atoms with Gasteiger partial charge in [-0.15, -0.1) is 0 Å². The lowest BCUT2D eigenvalue weighted by Gasteiger charge is -2.33. The number of rotatable bonds is 4. The van der Waals surface area contributed by atoms with Crippen LogP contribution in [0.3, 0.4) is 0 Å². The minimum atomic E-state index is 0.322. The van der Waals surface area contributed by atoms with Crippen LogP contribution in [-0.2, 0) is 6.42 Å². The molecule has 1 aromatic carbocycles. The normalized spacial score (nSPS) is 18.8. The van der Waals surface area contributed by atoms with Gasteiger partial charge in [0.15, 0.2) is 0 Å². The maximum absolute atomic E-state index is 5.94. The Morgan fingerprint density at radius 1 is 1.47 bits per heavy atom. The first kappa shape index (κ1) is 12.2. The quantitative estimate of drug-likeness (QED) is 0.868. The van der Waals surface area contributed by atoms with Crippen LogP contribution in [0.15, 0.2) is 18.2 Å². The second kappa shape index (κ2) is 5.41. The van der Waals surface area contributed by atoms with Crippen molar-refractivity contribution < 1.29 is 4.74 Å². The van der Waals surface area contributed by atoms with Crippen LogP contribution in [0, 0.1) is 0 Å². The van der Waals surface area contributed by atoms with Crippen LogP contribution < -0.4 is 15.4 Å². The van der Waals surface area contributed by atoms with Gasteiger partial charge in [0, 0.05) is 7.05 Å². The fraction of sp³-hybridized carbons (Fsp3) is 0.571. The number of fused-ring (bicyclic) bond motifs is 1. The van der Waals surface area contributed by atoms with Crippen molar-refractivity contribution in [2.75, 3.05) is 25.0 Å². The molecule has 94 valence electrons. The number of hydrogen-bond acceptors (Lipinski definition) is 3. The van der Waals surface area contributed by atoms with Crippen molar-refractivity contribution in [1.29, 1.82) is 0 Å². The number of nitrogens with zero attached hydrogens (tertiary/aromatic N) is 1. The number of benzene rings is 1. The Bertz CT molecular complexity index is 378. The van der Waals surface area contributed by atoms with Gasteiger partial charge in [0.1, 0.15) is 11.9 Å². The molecule has 3 heteroatoms. The van der Waals surface area contributed by atoms with E-state index in [4.69, 9.17) is 10.5 Å². The first-order valence-corrected chi connectivity index (χ1v) is 6.45. The van der Waals surface area contributed by atoms with Crippen LogP contribution in [0.4, 0.5) is 5.69 Å². The maximum atomic E-state index is 5.94. The van der Waals surface area contributed by atoms with E-state index in [2.05, 4.69) is 37.1 Å². The maximum Gasteiger partial charge on any atom is 0.143 e. The van der Waals surface area contributed by atoms with E-state index in [1.165, 1.54) is 11.3 Å². The van der Waals surface area contributed by atoms with Gasteiger partial charge >= 0.3 is 0 Å². The molecule has 1 aliphatic rings. The smallest absolute Gasteiger partial charge is 0.143 e. The van der Waals surface area contributed by atoms with E-state index in [1.54, 1.807) is 0 Å². The van der Waals surface area contributed by atoms with Crippen LogP contribution in [0.1, 0.15) is 25.3 Å². The summed E-state index contributed by atoms with van der Waals surface area (Å²) >= 11 is 0. The van der Waals surface area contributed by atoms with Crippen molar-refractivity contribution in [3.63, 3.8) is 0 Å². The third-order valence-corrected chi connectivity index (χ3v) is 3.33. The molecule has 0 bridgehead atoms. The predicted octanol–water partition coefficient (Wildman–Crippen LogP) is 2.19. The highest BCUT2D eigenvalue weighted by atomic mass is 16.5. The van der Waals surface area contributed by atoms with Gasteiger partial charge in [-0.2, -0.15) is 0 Å². The van der Waals surface area contributed by atoms with Crippen LogP contribution in [-0.4, -0.2) is 26.2 Å². The van der Waals surface area contributed by atoms with E-state index >= 15 is 0 Å². The van der Waals surface area contributed by atoms with E-state index in [0.717, 1.165) is 38.1 Å². The van der Waals surface area contributed by atoms with Crippen LogP contribution >= 0.6 is 0 Å². The molecule has 0 saturated carbocycles. The summed E-state index contributed by atoms with van der Waals surface area (Å²) in [5.41, 5.74) is 8.10. The molecule has 0 spiro atoms. The fourth-order valence-corrected chi connectivity index (χ4v) is 2.26. The molecule has 2 rings (SSSR count). The van der Waals surface area contributed by atoms with Gasteiger partial charge < -0.3 is 15.4 Å². The van der Waals surface area contributed by atoms with E-state index in [9.17, 15) is 0 Å². The summed E-state index contributed by atoms with van der Waals surface area (Å²) in [6.45, 7) is 3.89. The molecule has 2 N–H and O–H groups in total. The zero-order valence-electron chi connectivity index (χ0n) is 10.8. The van der Waals surface area contributed by atoms with Crippen molar-refractivity contribution in [2.24, 2.45) is 5.73 Å². The Morgan fingerprint density at radius 2 is 2.29 bits per heavy atom. The molecule has 0 fully saturated rings. The SMILES string of the molecule is CCC1CN(C)c2cc(CCCN)ccc2O1. The molecule has 0 aromatic heterocycles. The summed E-state index contributed by atoms with van der Waals surface area (Å²) in [7, 11) is 2.14. The molecule has 0 amide bonds. The summed E-state index contributed by atoms with van der Waals surface area (Å²) < 4.78 is 5.94. The van der Waals surface area contributed by atoms with E-state index in [1.807, 2.05) is 0 Å². The molecule has 1 aliphatic heterocycles. The molecule has 0 saturated heterocycles. The van der Waals surface area contributed by atoms with Gasteiger partial charge in [0.05, 0.1) is 12.2 Å². The number of hydrogen-bond donors (Lipinski definition) is 1. The Balaban J connectivity index is 2.18. The highest BCUT2D eigenvalue weighted by Crippen LogP contribution is 2.34. The second-order valence-electron chi connectivity index (χ2n) is 4.72. The lowest BCUT2D eigenvalue weighted by molar-refractivity contribution is 0.191. The molecule has 17 heavy (non-hydrogen) atoms.